The number of hydrogen-bond donors (Lipinski definition) is 4. The van der Waals surface area contributed by atoms with Crippen LogP contribution in [0.1, 0.15) is 49.8 Å². The van der Waals surface area contributed by atoms with E-state index in [0.29, 0.717) is 36.6 Å². The van der Waals surface area contributed by atoms with Gasteiger partial charge in [-0.15, -0.1) is 0 Å². The summed E-state index contributed by atoms with van der Waals surface area (Å²) < 4.78 is 0. The molecule has 0 unspecified atom stereocenters. The van der Waals surface area contributed by atoms with Gasteiger partial charge in [-0.3, -0.25) is 19.3 Å². The minimum Gasteiger partial charge on any atom is -0.465 e. The lowest BCUT2D eigenvalue weighted by atomic mass is 9.91. The zero-order valence-corrected chi connectivity index (χ0v) is 22.5. The largest absolute Gasteiger partial charge is 0.465 e. The number of amides is 6. The lowest BCUT2D eigenvalue weighted by molar-refractivity contribution is -0.141. The Morgan fingerprint density at radius 3 is 2.52 bits per heavy atom. The maximum absolute atomic E-state index is 13.7. The number of hydrogen-bond acceptors (Lipinski definition) is 5. The summed E-state index contributed by atoms with van der Waals surface area (Å²) >= 11 is 0. The van der Waals surface area contributed by atoms with Crippen LogP contribution in [0, 0.1) is 5.92 Å². The molecule has 0 aromatic heterocycles. The highest BCUT2D eigenvalue weighted by Gasteiger charge is 2.56. The summed E-state index contributed by atoms with van der Waals surface area (Å²) in [5.74, 6) is -0.838. The van der Waals surface area contributed by atoms with Gasteiger partial charge in [-0.05, 0) is 74.3 Å². The third kappa shape index (κ3) is 5.23. The highest BCUT2D eigenvalue weighted by atomic mass is 16.4. The Morgan fingerprint density at radius 1 is 1.12 bits per heavy atom. The van der Waals surface area contributed by atoms with Crippen LogP contribution in [0.3, 0.4) is 0 Å². The normalized spacial score (nSPS) is 21.0. The molecule has 0 radical (unpaired) electrons. The zero-order valence-electron chi connectivity index (χ0n) is 22.5. The van der Waals surface area contributed by atoms with Crippen molar-refractivity contribution in [3.8, 4) is 0 Å². The maximum atomic E-state index is 13.7. The van der Waals surface area contributed by atoms with Gasteiger partial charge in [0.15, 0.2) is 0 Å². The molecule has 3 aliphatic rings. The van der Waals surface area contributed by atoms with Gasteiger partial charge in [-0.25, -0.2) is 9.59 Å². The van der Waals surface area contributed by atoms with E-state index in [1.54, 1.807) is 23.1 Å². The topological polar surface area (TPSA) is 148 Å². The summed E-state index contributed by atoms with van der Waals surface area (Å²) in [6.07, 6.45) is 1.62. The summed E-state index contributed by atoms with van der Waals surface area (Å²) in [6, 6.07) is 13.1. The number of carbonyl (C=O) groups excluding carboxylic acids is 4. The average Bonchev–Trinajstić information content (AvgIpc) is 3.67. The molecule has 5 rings (SSSR count). The third-order valence-electron chi connectivity index (χ3n) is 8.12. The molecule has 2 aliphatic carbocycles. The number of imide groups is 1. The first-order valence-electron chi connectivity index (χ1n) is 13.5. The fourth-order valence-electron chi connectivity index (χ4n) is 5.67. The lowest BCUT2D eigenvalue weighted by Gasteiger charge is -2.31. The molecule has 11 nitrogen and oxygen atoms in total. The molecule has 11 heteroatoms. The van der Waals surface area contributed by atoms with Crippen molar-refractivity contribution in [1.82, 2.24) is 20.4 Å². The number of aryl methyl sites for hydroxylation is 1. The molecular weight excluding hydrogens is 514 g/mol. The average molecular weight is 548 g/mol. The first-order valence-corrected chi connectivity index (χ1v) is 13.5. The predicted molar refractivity (Wildman–Crippen MR) is 145 cm³/mol. The summed E-state index contributed by atoms with van der Waals surface area (Å²) in [5.41, 5.74) is 1.58. The number of carboxylic acid groups (broad SMARTS) is 1. The van der Waals surface area contributed by atoms with E-state index in [0.717, 1.165) is 28.9 Å². The van der Waals surface area contributed by atoms with E-state index in [4.69, 9.17) is 5.11 Å². The van der Waals surface area contributed by atoms with Crippen LogP contribution in [0.25, 0.3) is 0 Å². The summed E-state index contributed by atoms with van der Waals surface area (Å²) in [7, 11) is 0. The minimum absolute atomic E-state index is 0.00307. The molecule has 3 atom stereocenters. The molecule has 1 aliphatic heterocycles. The molecular formula is C29H33N5O6. The van der Waals surface area contributed by atoms with E-state index in [2.05, 4.69) is 16.0 Å². The third-order valence-corrected chi connectivity index (χ3v) is 8.12. The Labute approximate surface area is 231 Å². The maximum Gasteiger partial charge on any atom is 0.405 e. The van der Waals surface area contributed by atoms with Gasteiger partial charge in [0.05, 0.1) is 0 Å². The molecule has 1 spiro atoms. The van der Waals surface area contributed by atoms with Gasteiger partial charge in [0.25, 0.3) is 5.91 Å². The van der Waals surface area contributed by atoms with E-state index in [1.807, 2.05) is 37.3 Å². The minimum atomic E-state index is -1.30. The van der Waals surface area contributed by atoms with Gasteiger partial charge in [0.2, 0.25) is 11.8 Å². The molecule has 2 aromatic carbocycles. The molecule has 0 bridgehead atoms. The van der Waals surface area contributed by atoms with Crippen molar-refractivity contribution in [1.29, 1.82) is 0 Å². The number of rotatable bonds is 9. The number of carbonyl (C=O) groups is 5. The van der Waals surface area contributed by atoms with Crippen molar-refractivity contribution in [2.45, 2.75) is 63.7 Å². The van der Waals surface area contributed by atoms with Crippen LogP contribution in [0.4, 0.5) is 15.3 Å². The van der Waals surface area contributed by atoms with Crippen LogP contribution in [0.2, 0.25) is 0 Å². The molecule has 4 N–H and O–H groups in total. The second kappa shape index (κ2) is 10.6. The Hall–Kier alpha value is -4.41. The summed E-state index contributed by atoms with van der Waals surface area (Å²) in [6.45, 7) is 3.52. The molecule has 1 heterocycles. The van der Waals surface area contributed by atoms with E-state index >= 15 is 0 Å². The second-order valence-electron chi connectivity index (χ2n) is 10.8. The van der Waals surface area contributed by atoms with Crippen LogP contribution in [0.15, 0.2) is 48.5 Å². The van der Waals surface area contributed by atoms with Crippen molar-refractivity contribution in [3.63, 3.8) is 0 Å². The van der Waals surface area contributed by atoms with E-state index in [9.17, 15) is 24.0 Å². The summed E-state index contributed by atoms with van der Waals surface area (Å²) in [5, 5.41) is 16.4. The number of fused-ring (bicyclic) bond motifs is 2. The zero-order chi connectivity index (χ0) is 28.6. The van der Waals surface area contributed by atoms with Gasteiger partial charge >= 0.3 is 12.1 Å². The Balaban J connectivity index is 1.31. The van der Waals surface area contributed by atoms with E-state index in [-0.39, 0.29) is 18.5 Å². The van der Waals surface area contributed by atoms with Crippen molar-refractivity contribution in [3.05, 3.63) is 65.2 Å². The molecule has 6 amide bonds. The van der Waals surface area contributed by atoms with Crippen LogP contribution in [-0.4, -0.2) is 63.4 Å². The highest BCUT2D eigenvalue weighted by molar-refractivity contribution is 6.10. The number of nitrogens with zero attached hydrogens (tertiary/aromatic N) is 2. The van der Waals surface area contributed by atoms with Crippen molar-refractivity contribution >= 4 is 35.5 Å². The smallest absolute Gasteiger partial charge is 0.405 e. The van der Waals surface area contributed by atoms with E-state index in [1.165, 1.54) is 6.92 Å². The Kier molecular flexibility index (Phi) is 7.22. The molecule has 210 valence electrons. The predicted octanol–water partition coefficient (Wildman–Crippen LogP) is 2.80. The standard InChI is InChI=1S/C29H33N5O6/c1-17(30-28(39)40)25(36)31-22-10-11-23-21(14-22)12-13-29(23)26(37)34(27(38)32-29)16-24(35)33(18(2)20-8-9-20)15-19-6-4-3-5-7-19/h3-7,10-11,14,17-18,20,30H,8-9,12-13,15-16H2,1-2H3,(H,31,36)(H,32,38)(H,39,40)/t17-,18+,29+/m1/s1. The monoisotopic (exact) mass is 547 g/mol. The lowest BCUT2D eigenvalue weighted by Crippen LogP contribution is -2.47. The molecule has 2 fully saturated rings. The molecule has 1 saturated carbocycles. The number of nitrogens with one attached hydrogen (secondary N) is 3. The molecule has 40 heavy (non-hydrogen) atoms. The van der Waals surface area contributed by atoms with Crippen molar-refractivity contribution in [2.24, 2.45) is 5.92 Å². The van der Waals surface area contributed by atoms with Crippen LogP contribution in [-0.2, 0) is 32.9 Å². The first kappa shape index (κ1) is 27.2. The van der Waals surface area contributed by atoms with Crippen molar-refractivity contribution < 1.29 is 29.1 Å². The van der Waals surface area contributed by atoms with Crippen molar-refractivity contribution in [2.75, 3.05) is 11.9 Å². The highest BCUT2D eigenvalue weighted by Crippen LogP contribution is 2.42. The number of benzene rings is 2. The van der Waals surface area contributed by atoms with Crippen LogP contribution >= 0.6 is 0 Å². The van der Waals surface area contributed by atoms with Crippen LogP contribution in [0.5, 0.6) is 0 Å². The van der Waals surface area contributed by atoms with E-state index < -0.39 is 35.5 Å². The Bertz CT molecular complexity index is 1360. The van der Waals surface area contributed by atoms with Gasteiger partial charge in [0.1, 0.15) is 18.1 Å². The number of anilines is 1. The van der Waals surface area contributed by atoms with Gasteiger partial charge < -0.3 is 26.0 Å². The van der Waals surface area contributed by atoms with Gasteiger partial charge in [-0.1, -0.05) is 36.4 Å². The Morgan fingerprint density at radius 2 is 1.85 bits per heavy atom. The molecule has 1 saturated heterocycles. The number of urea groups is 1. The van der Waals surface area contributed by atoms with Gasteiger partial charge in [0, 0.05) is 18.3 Å². The first-order chi connectivity index (χ1) is 19.1. The SMILES string of the molecule is C[C@@H](NC(=O)O)C(=O)Nc1ccc2c(c1)CC[C@]21NC(=O)N(CC(=O)N(Cc2ccccc2)[C@@H](C)C2CC2)C1=O. The fraction of sp³-hybridized carbons (Fsp3) is 0.414. The molecule has 2 aromatic rings. The van der Waals surface area contributed by atoms with Crippen LogP contribution < -0.4 is 16.0 Å². The fourth-order valence-corrected chi connectivity index (χ4v) is 5.67. The quantitative estimate of drug-likeness (QED) is 0.355. The second-order valence-corrected chi connectivity index (χ2v) is 10.8. The van der Waals surface area contributed by atoms with Gasteiger partial charge in [-0.2, -0.15) is 0 Å². The summed E-state index contributed by atoms with van der Waals surface area (Å²) in [4.78, 5) is 66.3.